The summed E-state index contributed by atoms with van der Waals surface area (Å²) in [6, 6.07) is 12.9. The van der Waals surface area contributed by atoms with Gasteiger partial charge in [0, 0.05) is 24.1 Å². The molecule has 0 radical (unpaired) electrons. The van der Waals surface area contributed by atoms with Crippen LogP contribution in [0, 0.1) is 0 Å². The fraction of sp³-hybridized carbons (Fsp3) is 0.350. The SMILES string of the molecule is CS(=O)(=O)N1CCCc2cc(C(=O)N[C@@H]3CCOc4ccccc43)ccc21. The number of hydrogen-bond acceptors (Lipinski definition) is 4. The molecule has 1 amide bonds. The Kier molecular flexibility index (Phi) is 4.55. The van der Waals surface area contributed by atoms with Gasteiger partial charge in [0.05, 0.1) is 24.6 Å². The van der Waals surface area contributed by atoms with Crippen molar-refractivity contribution in [2.45, 2.75) is 25.3 Å². The highest BCUT2D eigenvalue weighted by atomic mass is 32.2. The van der Waals surface area contributed by atoms with Crippen molar-refractivity contribution in [3.8, 4) is 5.75 Å². The van der Waals surface area contributed by atoms with Crippen LogP contribution in [0.1, 0.15) is 40.4 Å². The van der Waals surface area contributed by atoms with E-state index in [9.17, 15) is 13.2 Å². The maximum absolute atomic E-state index is 12.8. The number of carbonyl (C=O) groups excluding carboxylic acids is 1. The van der Waals surface area contributed by atoms with Crippen molar-refractivity contribution in [2.24, 2.45) is 0 Å². The third-order valence-electron chi connectivity index (χ3n) is 5.08. The predicted molar refractivity (Wildman–Crippen MR) is 104 cm³/mol. The zero-order valence-corrected chi connectivity index (χ0v) is 16.0. The van der Waals surface area contributed by atoms with E-state index >= 15 is 0 Å². The van der Waals surface area contributed by atoms with Crippen LogP contribution in [0.4, 0.5) is 5.69 Å². The zero-order valence-electron chi connectivity index (χ0n) is 15.1. The molecular formula is C20H22N2O4S. The number of nitrogens with one attached hydrogen (secondary N) is 1. The van der Waals surface area contributed by atoms with Gasteiger partial charge < -0.3 is 10.1 Å². The number of carbonyl (C=O) groups is 1. The molecule has 6 nitrogen and oxygen atoms in total. The van der Waals surface area contributed by atoms with Gasteiger partial charge >= 0.3 is 0 Å². The van der Waals surface area contributed by atoms with Crippen molar-refractivity contribution in [1.29, 1.82) is 0 Å². The average molecular weight is 386 g/mol. The Morgan fingerprint density at radius 3 is 2.85 bits per heavy atom. The van der Waals surface area contributed by atoms with Gasteiger partial charge in [-0.3, -0.25) is 9.10 Å². The molecule has 0 saturated heterocycles. The first-order valence-electron chi connectivity index (χ1n) is 9.07. The van der Waals surface area contributed by atoms with Crippen molar-refractivity contribution in [2.75, 3.05) is 23.7 Å². The van der Waals surface area contributed by atoms with Crippen LogP contribution in [0.3, 0.4) is 0 Å². The first-order valence-corrected chi connectivity index (χ1v) is 10.9. The van der Waals surface area contributed by atoms with E-state index in [1.165, 1.54) is 10.6 Å². The third-order valence-corrected chi connectivity index (χ3v) is 6.26. The van der Waals surface area contributed by atoms with E-state index in [2.05, 4.69) is 5.32 Å². The number of para-hydroxylation sites is 1. The highest BCUT2D eigenvalue weighted by molar-refractivity contribution is 7.92. The number of rotatable bonds is 3. The second kappa shape index (κ2) is 6.88. The number of ether oxygens (including phenoxy) is 1. The van der Waals surface area contributed by atoms with Gasteiger partial charge in [-0.2, -0.15) is 0 Å². The molecule has 27 heavy (non-hydrogen) atoms. The second-order valence-corrected chi connectivity index (χ2v) is 8.89. The molecule has 0 aliphatic carbocycles. The molecule has 2 aliphatic heterocycles. The van der Waals surface area contributed by atoms with Gasteiger partial charge in [-0.25, -0.2) is 8.42 Å². The van der Waals surface area contributed by atoms with Crippen LogP contribution in [0.2, 0.25) is 0 Å². The maximum Gasteiger partial charge on any atom is 0.251 e. The van der Waals surface area contributed by atoms with E-state index in [1.807, 2.05) is 30.3 Å². The monoisotopic (exact) mass is 386 g/mol. The van der Waals surface area contributed by atoms with Gasteiger partial charge in [0.25, 0.3) is 5.91 Å². The number of nitrogens with zero attached hydrogens (tertiary/aromatic N) is 1. The van der Waals surface area contributed by atoms with E-state index in [-0.39, 0.29) is 11.9 Å². The average Bonchev–Trinajstić information content (AvgIpc) is 2.66. The number of anilines is 1. The lowest BCUT2D eigenvalue weighted by atomic mass is 9.98. The number of sulfonamides is 1. The molecule has 4 rings (SSSR count). The fourth-order valence-electron chi connectivity index (χ4n) is 3.78. The lowest BCUT2D eigenvalue weighted by Crippen LogP contribution is -2.35. The summed E-state index contributed by atoms with van der Waals surface area (Å²) in [7, 11) is -3.31. The van der Waals surface area contributed by atoms with Gasteiger partial charge in [-0.15, -0.1) is 0 Å². The van der Waals surface area contributed by atoms with Crippen LogP contribution in [0.5, 0.6) is 5.75 Å². The summed E-state index contributed by atoms with van der Waals surface area (Å²) in [6.07, 6.45) is 3.45. The summed E-state index contributed by atoms with van der Waals surface area (Å²) in [4.78, 5) is 12.8. The van der Waals surface area contributed by atoms with Gasteiger partial charge in [0.1, 0.15) is 5.75 Å². The minimum Gasteiger partial charge on any atom is -0.493 e. The third kappa shape index (κ3) is 3.51. The second-order valence-electron chi connectivity index (χ2n) is 6.98. The molecular weight excluding hydrogens is 364 g/mol. The molecule has 2 aliphatic rings. The van der Waals surface area contributed by atoms with Gasteiger partial charge in [-0.05, 0) is 42.7 Å². The summed E-state index contributed by atoms with van der Waals surface area (Å²) in [5.41, 5.74) is 3.11. The molecule has 142 valence electrons. The van der Waals surface area contributed by atoms with E-state index in [4.69, 9.17) is 4.74 Å². The molecule has 0 bridgehead atoms. The fourth-order valence-corrected chi connectivity index (χ4v) is 4.78. The van der Waals surface area contributed by atoms with Crippen LogP contribution in [0.15, 0.2) is 42.5 Å². The van der Waals surface area contributed by atoms with Crippen molar-refractivity contribution in [3.63, 3.8) is 0 Å². The Hall–Kier alpha value is -2.54. The smallest absolute Gasteiger partial charge is 0.251 e. The molecule has 0 aromatic heterocycles. The highest BCUT2D eigenvalue weighted by Gasteiger charge is 2.26. The Balaban J connectivity index is 1.57. The van der Waals surface area contributed by atoms with Crippen LogP contribution in [-0.2, 0) is 16.4 Å². The predicted octanol–water partition coefficient (Wildman–Crippen LogP) is 2.65. The summed E-state index contributed by atoms with van der Waals surface area (Å²) in [6.45, 7) is 1.05. The quantitative estimate of drug-likeness (QED) is 0.880. The molecule has 7 heteroatoms. The summed E-state index contributed by atoms with van der Waals surface area (Å²) >= 11 is 0. The van der Waals surface area contributed by atoms with Gasteiger partial charge in [-0.1, -0.05) is 18.2 Å². The molecule has 1 N–H and O–H groups in total. The van der Waals surface area contributed by atoms with E-state index in [0.717, 1.165) is 36.1 Å². The van der Waals surface area contributed by atoms with E-state index < -0.39 is 10.0 Å². The van der Waals surface area contributed by atoms with Crippen LogP contribution in [0.25, 0.3) is 0 Å². The number of amides is 1. The minimum absolute atomic E-state index is 0.0917. The molecule has 0 unspecified atom stereocenters. The van der Waals surface area contributed by atoms with Crippen molar-refractivity contribution in [3.05, 3.63) is 59.2 Å². The summed E-state index contributed by atoms with van der Waals surface area (Å²) < 4.78 is 31.0. The number of hydrogen-bond donors (Lipinski definition) is 1. The normalized spacial score (nSPS) is 18.9. The minimum atomic E-state index is -3.31. The molecule has 0 saturated carbocycles. The van der Waals surface area contributed by atoms with Crippen LogP contribution in [-0.4, -0.2) is 33.7 Å². The van der Waals surface area contributed by atoms with E-state index in [0.29, 0.717) is 24.4 Å². The molecule has 2 aromatic carbocycles. The standard InChI is InChI=1S/C20H22N2O4S/c1-27(24,25)22-11-4-5-14-13-15(8-9-18(14)22)20(23)21-17-10-12-26-19-7-3-2-6-16(17)19/h2-3,6-9,13,17H,4-5,10-12H2,1H3,(H,21,23)/t17-/m1/s1. The summed E-state index contributed by atoms with van der Waals surface area (Å²) in [5, 5.41) is 3.09. The zero-order chi connectivity index (χ0) is 19.0. The van der Waals surface area contributed by atoms with Crippen molar-refractivity contribution >= 4 is 21.6 Å². The molecule has 2 heterocycles. The number of benzene rings is 2. The Morgan fingerprint density at radius 1 is 1.22 bits per heavy atom. The molecule has 0 fully saturated rings. The Bertz CT molecular complexity index is 987. The molecule has 2 aromatic rings. The first-order chi connectivity index (χ1) is 12.9. The summed E-state index contributed by atoms with van der Waals surface area (Å²) in [5.74, 6) is 0.652. The van der Waals surface area contributed by atoms with E-state index in [1.54, 1.807) is 12.1 Å². The lowest BCUT2D eigenvalue weighted by Gasteiger charge is -2.30. The topological polar surface area (TPSA) is 75.7 Å². The first kappa shape index (κ1) is 17.9. The van der Waals surface area contributed by atoms with Gasteiger partial charge in [0.15, 0.2) is 0 Å². The van der Waals surface area contributed by atoms with Gasteiger partial charge in [0.2, 0.25) is 10.0 Å². The number of aryl methyl sites for hydroxylation is 1. The Morgan fingerprint density at radius 2 is 2.04 bits per heavy atom. The van der Waals surface area contributed by atoms with Crippen molar-refractivity contribution < 1.29 is 17.9 Å². The van der Waals surface area contributed by atoms with Crippen LogP contribution < -0.4 is 14.4 Å². The highest BCUT2D eigenvalue weighted by Crippen LogP contribution is 2.33. The largest absolute Gasteiger partial charge is 0.493 e. The molecule has 0 spiro atoms. The lowest BCUT2D eigenvalue weighted by molar-refractivity contribution is 0.0924. The number of fused-ring (bicyclic) bond motifs is 2. The van der Waals surface area contributed by atoms with Crippen LogP contribution >= 0.6 is 0 Å². The molecule has 1 atom stereocenters. The Labute approximate surface area is 159 Å². The maximum atomic E-state index is 12.8. The van der Waals surface area contributed by atoms with Crippen molar-refractivity contribution in [1.82, 2.24) is 5.32 Å².